The summed E-state index contributed by atoms with van der Waals surface area (Å²) in [5.41, 5.74) is 12.5. The Kier molecular flexibility index (Phi) is 2.47. The average molecular weight is 233 g/mol. The highest BCUT2D eigenvalue weighted by molar-refractivity contribution is 5.99. The van der Waals surface area contributed by atoms with Crippen molar-refractivity contribution >= 4 is 28.6 Å². The summed E-state index contributed by atoms with van der Waals surface area (Å²) < 4.78 is 1.23. The normalized spacial score (nSPS) is 10.6. The van der Waals surface area contributed by atoms with Gasteiger partial charge in [-0.1, -0.05) is 6.07 Å². The molecule has 2 aromatic rings. The molecule has 1 amide bonds. The smallest absolute Gasteiger partial charge is 0.323 e. The first-order chi connectivity index (χ1) is 7.99. The lowest BCUT2D eigenvalue weighted by Gasteiger charge is -2.00. The minimum absolute atomic E-state index is 0.0862. The maximum absolute atomic E-state index is 11.1. The van der Waals surface area contributed by atoms with E-state index in [0.29, 0.717) is 22.2 Å². The number of anilines is 1. The first-order valence-corrected chi connectivity index (χ1v) is 4.90. The van der Waals surface area contributed by atoms with Crippen LogP contribution in [0.2, 0.25) is 0 Å². The number of hydrogen-bond donors (Lipinski definition) is 3. The van der Waals surface area contributed by atoms with Crippen molar-refractivity contribution in [1.29, 1.82) is 0 Å². The Morgan fingerprint density at radius 2 is 2.06 bits per heavy atom. The van der Waals surface area contributed by atoms with Gasteiger partial charge in [0.2, 0.25) is 0 Å². The molecule has 0 bridgehead atoms. The Labute approximate surface area is 96.4 Å². The third kappa shape index (κ3) is 1.92. The van der Waals surface area contributed by atoms with Crippen LogP contribution in [0, 0.1) is 0 Å². The van der Waals surface area contributed by atoms with Gasteiger partial charge in [-0.15, -0.1) is 0 Å². The summed E-state index contributed by atoms with van der Waals surface area (Å²) in [4.78, 5) is 21.7. The van der Waals surface area contributed by atoms with E-state index in [0.717, 1.165) is 0 Å². The molecule has 1 aromatic carbocycles. The van der Waals surface area contributed by atoms with Crippen molar-refractivity contribution in [3.63, 3.8) is 0 Å². The minimum Gasteiger partial charge on any atom is -0.481 e. The lowest BCUT2D eigenvalue weighted by molar-refractivity contribution is -0.136. The fourth-order valence-corrected chi connectivity index (χ4v) is 1.77. The molecular formula is C11H11N3O3. The number of nitrogen functional groups attached to an aromatic ring is 1. The van der Waals surface area contributed by atoms with E-state index in [1.54, 1.807) is 18.2 Å². The molecule has 1 aromatic heterocycles. The van der Waals surface area contributed by atoms with Gasteiger partial charge in [0.1, 0.15) is 0 Å². The van der Waals surface area contributed by atoms with E-state index in [1.165, 1.54) is 10.8 Å². The highest BCUT2D eigenvalue weighted by Crippen LogP contribution is 2.24. The first-order valence-electron chi connectivity index (χ1n) is 4.90. The predicted octanol–water partition coefficient (Wildman–Crippen LogP) is 0.777. The van der Waals surface area contributed by atoms with Crippen molar-refractivity contribution < 1.29 is 14.7 Å². The monoisotopic (exact) mass is 233 g/mol. The van der Waals surface area contributed by atoms with Gasteiger partial charge in [-0.2, -0.15) is 0 Å². The number of carbonyl (C=O) groups is 2. The fourth-order valence-electron chi connectivity index (χ4n) is 1.77. The van der Waals surface area contributed by atoms with Crippen LogP contribution in [0.5, 0.6) is 0 Å². The number of aliphatic carboxylic acids is 1. The van der Waals surface area contributed by atoms with Crippen LogP contribution in [0.3, 0.4) is 0 Å². The topological polar surface area (TPSA) is 111 Å². The second kappa shape index (κ2) is 3.82. The van der Waals surface area contributed by atoms with E-state index in [2.05, 4.69) is 0 Å². The second-order valence-electron chi connectivity index (χ2n) is 3.71. The quantitative estimate of drug-likeness (QED) is 0.711. The SMILES string of the molecule is NC(=O)n1cc(N)c2cc(CC(=O)O)ccc21. The van der Waals surface area contributed by atoms with Crippen LogP contribution < -0.4 is 11.5 Å². The molecule has 0 aliphatic heterocycles. The van der Waals surface area contributed by atoms with Gasteiger partial charge in [0.05, 0.1) is 17.6 Å². The summed E-state index contributed by atoms with van der Waals surface area (Å²) in [5, 5.41) is 9.32. The number of carboxylic acid groups (broad SMARTS) is 1. The van der Waals surface area contributed by atoms with Gasteiger partial charge in [-0.05, 0) is 17.7 Å². The molecule has 88 valence electrons. The van der Waals surface area contributed by atoms with Crippen molar-refractivity contribution in [3.05, 3.63) is 30.0 Å². The lowest BCUT2D eigenvalue weighted by Crippen LogP contribution is -2.18. The Hall–Kier alpha value is -2.50. The molecule has 5 N–H and O–H groups in total. The average Bonchev–Trinajstić information content (AvgIpc) is 2.55. The van der Waals surface area contributed by atoms with E-state index in [1.807, 2.05) is 0 Å². The zero-order valence-electron chi connectivity index (χ0n) is 8.88. The van der Waals surface area contributed by atoms with Gasteiger partial charge >= 0.3 is 12.0 Å². The highest BCUT2D eigenvalue weighted by atomic mass is 16.4. The molecule has 0 unspecified atom stereocenters. The Morgan fingerprint density at radius 3 is 2.65 bits per heavy atom. The van der Waals surface area contributed by atoms with Gasteiger partial charge in [-0.25, -0.2) is 4.79 Å². The zero-order valence-corrected chi connectivity index (χ0v) is 8.88. The summed E-state index contributed by atoms with van der Waals surface area (Å²) in [6.45, 7) is 0. The maximum Gasteiger partial charge on any atom is 0.323 e. The second-order valence-corrected chi connectivity index (χ2v) is 3.71. The number of fused-ring (bicyclic) bond motifs is 1. The van der Waals surface area contributed by atoms with Gasteiger partial charge in [0, 0.05) is 11.6 Å². The summed E-state index contributed by atoms with van der Waals surface area (Å²) >= 11 is 0. The zero-order chi connectivity index (χ0) is 12.6. The molecule has 2 rings (SSSR count). The van der Waals surface area contributed by atoms with Gasteiger partial charge in [0.25, 0.3) is 0 Å². The summed E-state index contributed by atoms with van der Waals surface area (Å²) in [5.74, 6) is -0.919. The Balaban J connectivity index is 2.59. The maximum atomic E-state index is 11.1. The number of benzene rings is 1. The number of carboxylic acids is 1. The first kappa shape index (κ1) is 11.0. The van der Waals surface area contributed by atoms with Crippen LogP contribution in [0.25, 0.3) is 10.9 Å². The summed E-state index contributed by atoms with van der Waals surface area (Å²) in [6, 6.07) is 4.29. The van der Waals surface area contributed by atoms with E-state index >= 15 is 0 Å². The standard InChI is InChI=1S/C11H11N3O3/c12-8-5-14(11(13)17)9-2-1-6(3-7(8)9)4-10(15)16/h1-3,5H,4,12H2,(H2,13,17)(H,15,16). The number of nitrogens with zero attached hydrogens (tertiary/aromatic N) is 1. The molecule has 0 fully saturated rings. The molecule has 0 radical (unpaired) electrons. The van der Waals surface area contributed by atoms with Crippen molar-refractivity contribution in [3.8, 4) is 0 Å². The van der Waals surface area contributed by atoms with Crippen LogP contribution in [-0.2, 0) is 11.2 Å². The van der Waals surface area contributed by atoms with Crippen molar-refractivity contribution in [2.45, 2.75) is 6.42 Å². The van der Waals surface area contributed by atoms with E-state index in [9.17, 15) is 9.59 Å². The van der Waals surface area contributed by atoms with Crippen LogP contribution in [0.1, 0.15) is 5.56 Å². The number of aromatic nitrogens is 1. The van der Waals surface area contributed by atoms with Crippen LogP contribution in [0.4, 0.5) is 10.5 Å². The molecule has 0 atom stereocenters. The van der Waals surface area contributed by atoms with Crippen LogP contribution in [-0.4, -0.2) is 21.7 Å². The van der Waals surface area contributed by atoms with Gasteiger partial charge in [-0.3, -0.25) is 9.36 Å². The predicted molar refractivity (Wildman–Crippen MR) is 62.7 cm³/mol. The number of carbonyl (C=O) groups excluding carboxylic acids is 1. The molecule has 1 heterocycles. The molecule has 0 saturated carbocycles. The molecule has 0 aliphatic carbocycles. The Bertz CT molecular complexity index is 616. The Morgan fingerprint density at radius 1 is 1.35 bits per heavy atom. The van der Waals surface area contributed by atoms with Gasteiger partial charge in [0.15, 0.2) is 0 Å². The van der Waals surface area contributed by atoms with E-state index < -0.39 is 12.0 Å². The van der Waals surface area contributed by atoms with Crippen LogP contribution in [0.15, 0.2) is 24.4 Å². The van der Waals surface area contributed by atoms with Gasteiger partial charge < -0.3 is 16.6 Å². The van der Waals surface area contributed by atoms with Crippen molar-refractivity contribution in [2.75, 3.05) is 5.73 Å². The highest BCUT2D eigenvalue weighted by Gasteiger charge is 2.11. The third-order valence-corrected chi connectivity index (χ3v) is 2.49. The minimum atomic E-state index is -0.919. The number of rotatable bonds is 2. The molecule has 17 heavy (non-hydrogen) atoms. The molecule has 0 spiro atoms. The van der Waals surface area contributed by atoms with E-state index in [-0.39, 0.29) is 6.42 Å². The fraction of sp³-hybridized carbons (Fsp3) is 0.0909. The molecule has 0 saturated heterocycles. The van der Waals surface area contributed by atoms with Crippen LogP contribution >= 0.6 is 0 Å². The number of nitrogens with two attached hydrogens (primary N) is 2. The third-order valence-electron chi connectivity index (χ3n) is 2.49. The summed E-state index contributed by atoms with van der Waals surface area (Å²) in [7, 11) is 0. The number of amides is 1. The molecule has 6 nitrogen and oxygen atoms in total. The van der Waals surface area contributed by atoms with E-state index in [4.69, 9.17) is 16.6 Å². The lowest BCUT2D eigenvalue weighted by atomic mass is 10.1. The molecule has 0 aliphatic rings. The number of hydrogen-bond acceptors (Lipinski definition) is 3. The summed E-state index contributed by atoms with van der Waals surface area (Å²) in [6.07, 6.45) is 1.34. The number of primary amides is 1. The van der Waals surface area contributed by atoms with Crippen molar-refractivity contribution in [1.82, 2.24) is 4.57 Å². The largest absolute Gasteiger partial charge is 0.481 e. The molecular weight excluding hydrogens is 222 g/mol. The molecule has 6 heteroatoms. The van der Waals surface area contributed by atoms with Crippen molar-refractivity contribution in [2.24, 2.45) is 5.73 Å².